The average molecular weight is 385 g/mol. The molecule has 110 valence electrons. The van der Waals surface area contributed by atoms with Gasteiger partial charge in [-0.3, -0.25) is 4.79 Å². The molecule has 5 heteroatoms. The van der Waals surface area contributed by atoms with Crippen LogP contribution in [0.15, 0.2) is 46.9 Å². The molecular weight excluding hydrogens is 370 g/mol. The summed E-state index contributed by atoms with van der Waals surface area (Å²) in [5, 5.41) is 3.56. The fraction of sp³-hybridized carbons (Fsp3) is 0.188. The molecule has 0 saturated carbocycles. The largest absolute Gasteiger partial charge is 0.325 e. The van der Waals surface area contributed by atoms with Gasteiger partial charge in [0.1, 0.15) is 0 Å². The summed E-state index contributed by atoms with van der Waals surface area (Å²) in [5.41, 5.74) is 2.85. The summed E-state index contributed by atoms with van der Waals surface area (Å²) in [4.78, 5) is 12.0. The minimum Gasteiger partial charge on any atom is -0.325 e. The molecule has 0 bridgehead atoms. The summed E-state index contributed by atoms with van der Waals surface area (Å²) < 4.78 is 1.07. The Morgan fingerprint density at radius 1 is 1.24 bits per heavy atom. The fourth-order valence-electron chi connectivity index (χ4n) is 1.80. The van der Waals surface area contributed by atoms with Crippen molar-refractivity contribution in [2.24, 2.45) is 0 Å². The second-order valence-electron chi connectivity index (χ2n) is 4.54. The van der Waals surface area contributed by atoms with Gasteiger partial charge >= 0.3 is 0 Å². The van der Waals surface area contributed by atoms with Crippen molar-refractivity contribution in [3.8, 4) is 0 Å². The molecule has 0 aromatic heterocycles. The zero-order valence-corrected chi connectivity index (χ0v) is 14.7. The third kappa shape index (κ3) is 4.77. The van der Waals surface area contributed by atoms with Gasteiger partial charge < -0.3 is 5.32 Å². The molecule has 0 aliphatic carbocycles. The van der Waals surface area contributed by atoms with Gasteiger partial charge in [-0.15, -0.1) is 11.8 Å². The first-order valence-corrected chi connectivity index (χ1v) is 8.76. The van der Waals surface area contributed by atoms with Crippen LogP contribution in [0.5, 0.6) is 0 Å². The van der Waals surface area contributed by atoms with Crippen LogP contribution in [-0.2, 0) is 10.5 Å². The highest BCUT2D eigenvalue weighted by atomic mass is 79.9. The molecule has 0 heterocycles. The van der Waals surface area contributed by atoms with Gasteiger partial charge in [0.15, 0.2) is 0 Å². The summed E-state index contributed by atoms with van der Waals surface area (Å²) >= 11 is 11.1. The summed E-state index contributed by atoms with van der Waals surface area (Å²) in [6.45, 7) is 1.90. The highest BCUT2D eigenvalue weighted by molar-refractivity contribution is 9.10. The van der Waals surface area contributed by atoms with Gasteiger partial charge in [0, 0.05) is 20.9 Å². The van der Waals surface area contributed by atoms with Gasteiger partial charge in [-0.2, -0.15) is 0 Å². The Balaban J connectivity index is 1.85. The average Bonchev–Trinajstić information content (AvgIpc) is 2.46. The van der Waals surface area contributed by atoms with Crippen molar-refractivity contribution in [2.75, 3.05) is 11.1 Å². The number of carbonyl (C=O) groups excluding carboxylic acids is 1. The molecule has 0 atom stereocenters. The Labute approximate surface area is 142 Å². The maximum Gasteiger partial charge on any atom is 0.234 e. The van der Waals surface area contributed by atoms with Crippen molar-refractivity contribution >= 4 is 50.9 Å². The van der Waals surface area contributed by atoms with Crippen molar-refractivity contribution in [1.29, 1.82) is 0 Å². The first-order chi connectivity index (χ1) is 10.1. The normalized spacial score (nSPS) is 10.4. The number of rotatable bonds is 5. The standard InChI is InChI=1S/C16H15BrClNOS/c1-11-14(18)7-4-8-15(11)19-16(20)10-21-9-12-5-2-3-6-13(12)17/h2-8H,9-10H2,1H3,(H,19,20). The van der Waals surface area contributed by atoms with Gasteiger partial charge in [0.05, 0.1) is 5.75 Å². The van der Waals surface area contributed by atoms with Crippen LogP contribution in [0.2, 0.25) is 5.02 Å². The van der Waals surface area contributed by atoms with Crippen LogP contribution >= 0.6 is 39.3 Å². The van der Waals surface area contributed by atoms with E-state index < -0.39 is 0 Å². The Morgan fingerprint density at radius 3 is 2.76 bits per heavy atom. The first kappa shape index (κ1) is 16.4. The van der Waals surface area contributed by atoms with E-state index in [-0.39, 0.29) is 5.91 Å². The molecule has 0 spiro atoms. The number of halogens is 2. The van der Waals surface area contributed by atoms with Crippen LogP contribution in [0, 0.1) is 6.92 Å². The SMILES string of the molecule is Cc1c(Cl)cccc1NC(=O)CSCc1ccccc1Br. The number of thioether (sulfide) groups is 1. The van der Waals surface area contributed by atoms with Crippen molar-refractivity contribution in [3.05, 3.63) is 63.1 Å². The molecule has 0 unspecified atom stereocenters. The highest BCUT2D eigenvalue weighted by Gasteiger charge is 2.07. The third-order valence-corrected chi connectivity index (χ3v) is 5.15. The van der Waals surface area contributed by atoms with Crippen LogP contribution in [-0.4, -0.2) is 11.7 Å². The summed E-state index contributed by atoms with van der Waals surface area (Å²) in [6, 6.07) is 13.5. The summed E-state index contributed by atoms with van der Waals surface area (Å²) in [5.74, 6) is 1.19. The molecule has 2 aromatic rings. The van der Waals surface area contributed by atoms with Crippen molar-refractivity contribution in [1.82, 2.24) is 0 Å². The summed E-state index contributed by atoms with van der Waals surface area (Å²) in [6.07, 6.45) is 0. The van der Waals surface area contributed by atoms with E-state index in [2.05, 4.69) is 27.3 Å². The van der Waals surface area contributed by atoms with E-state index in [1.54, 1.807) is 11.8 Å². The lowest BCUT2D eigenvalue weighted by atomic mass is 10.2. The second kappa shape index (κ2) is 7.87. The predicted molar refractivity (Wildman–Crippen MR) is 95.1 cm³/mol. The highest BCUT2D eigenvalue weighted by Crippen LogP contribution is 2.24. The Hall–Kier alpha value is -0.970. The number of amides is 1. The molecule has 2 nitrogen and oxygen atoms in total. The van der Waals surface area contributed by atoms with Crippen LogP contribution < -0.4 is 5.32 Å². The number of anilines is 1. The lowest BCUT2D eigenvalue weighted by Crippen LogP contribution is -2.15. The molecule has 21 heavy (non-hydrogen) atoms. The Bertz CT molecular complexity index is 648. The van der Waals surface area contributed by atoms with Crippen LogP contribution in [0.25, 0.3) is 0 Å². The fourth-order valence-corrected chi connectivity index (χ4v) is 3.41. The number of nitrogens with one attached hydrogen (secondary N) is 1. The lowest BCUT2D eigenvalue weighted by Gasteiger charge is -2.09. The topological polar surface area (TPSA) is 29.1 Å². The number of hydrogen-bond acceptors (Lipinski definition) is 2. The van der Waals surface area contributed by atoms with E-state index in [0.717, 1.165) is 21.5 Å². The molecule has 0 saturated heterocycles. The third-order valence-electron chi connectivity index (χ3n) is 2.99. The van der Waals surface area contributed by atoms with Crippen molar-refractivity contribution in [3.63, 3.8) is 0 Å². The van der Waals surface area contributed by atoms with E-state index in [4.69, 9.17) is 11.6 Å². The maximum absolute atomic E-state index is 12.0. The van der Waals surface area contributed by atoms with Gasteiger partial charge in [-0.1, -0.05) is 51.8 Å². The minimum absolute atomic E-state index is 0.0163. The predicted octanol–water partition coefficient (Wildman–Crippen LogP) is 5.28. The quantitative estimate of drug-likeness (QED) is 0.759. The lowest BCUT2D eigenvalue weighted by molar-refractivity contribution is -0.113. The van der Waals surface area contributed by atoms with Crippen LogP contribution in [0.3, 0.4) is 0 Å². The van der Waals surface area contributed by atoms with Gasteiger partial charge in [0.2, 0.25) is 5.91 Å². The molecule has 0 aliphatic rings. The Kier molecular flexibility index (Phi) is 6.15. The number of hydrogen-bond donors (Lipinski definition) is 1. The molecule has 0 fully saturated rings. The molecule has 2 aromatic carbocycles. The Morgan fingerprint density at radius 2 is 2.00 bits per heavy atom. The molecule has 0 aliphatic heterocycles. The second-order valence-corrected chi connectivity index (χ2v) is 6.79. The monoisotopic (exact) mass is 383 g/mol. The van der Waals surface area contributed by atoms with Gasteiger partial charge in [-0.05, 0) is 36.2 Å². The summed E-state index contributed by atoms with van der Waals surface area (Å²) in [7, 11) is 0. The van der Waals surface area contributed by atoms with Gasteiger partial charge in [-0.25, -0.2) is 0 Å². The molecule has 2 rings (SSSR count). The van der Waals surface area contributed by atoms with E-state index >= 15 is 0 Å². The zero-order chi connectivity index (χ0) is 15.2. The maximum atomic E-state index is 12.0. The van der Waals surface area contributed by atoms with Crippen molar-refractivity contribution in [2.45, 2.75) is 12.7 Å². The van der Waals surface area contributed by atoms with Crippen molar-refractivity contribution < 1.29 is 4.79 Å². The molecule has 1 N–H and O–H groups in total. The van der Waals surface area contributed by atoms with E-state index in [1.807, 2.05) is 43.3 Å². The van der Waals surface area contributed by atoms with Crippen LogP contribution in [0.1, 0.15) is 11.1 Å². The van der Waals surface area contributed by atoms with E-state index in [0.29, 0.717) is 10.8 Å². The minimum atomic E-state index is -0.0163. The zero-order valence-electron chi connectivity index (χ0n) is 11.5. The molecule has 1 amide bonds. The van der Waals surface area contributed by atoms with E-state index in [1.165, 1.54) is 5.56 Å². The first-order valence-electron chi connectivity index (χ1n) is 6.44. The van der Waals surface area contributed by atoms with E-state index in [9.17, 15) is 4.79 Å². The van der Waals surface area contributed by atoms with Crippen LogP contribution in [0.4, 0.5) is 5.69 Å². The number of carbonyl (C=O) groups is 1. The smallest absolute Gasteiger partial charge is 0.234 e. The number of benzene rings is 2. The van der Waals surface area contributed by atoms with Gasteiger partial charge in [0.25, 0.3) is 0 Å². The molecule has 0 radical (unpaired) electrons. The molecular formula is C16H15BrClNOS.